The maximum absolute atomic E-state index is 11.3. The van der Waals surface area contributed by atoms with Crippen molar-refractivity contribution < 1.29 is 9.53 Å². The van der Waals surface area contributed by atoms with Gasteiger partial charge in [0.2, 0.25) is 5.91 Å². The third-order valence-corrected chi connectivity index (χ3v) is 1.93. The van der Waals surface area contributed by atoms with E-state index in [0.29, 0.717) is 19.6 Å². The Balaban J connectivity index is 2.65. The van der Waals surface area contributed by atoms with Crippen molar-refractivity contribution in [3.63, 3.8) is 0 Å². The molecule has 1 aliphatic rings. The van der Waals surface area contributed by atoms with E-state index in [2.05, 4.69) is 10.0 Å². The number of carbonyl (C=O) groups is 1. The van der Waals surface area contributed by atoms with E-state index < -0.39 is 0 Å². The second-order valence-electron chi connectivity index (χ2n) is 2.73. The van der Waals surface area contributed by atoms with E-state index in [-0.39, 0.29) is 18.7 Å². The average Bonchev–Trinajstić information content (AvgIpc) is 2.16. The van der Waals surface area contributed by atoms with E-state index in [4.69, 9.17) is 10.3 Å². The fraction of sp³-hybridized carbons (Fsp3) is 0.857. The van der Waals surface area contributed by atoms with Crippen molar-refractivity contribution in [3.05, 3.63) is 10.4 Å². The molecule has 0 aliphatic carbocycles. The van der Waals surface area contributed by atoms with Crippen LogP contribution in [-0.4, -0.2) is 36.7 Å². The van der Waals surface area contributed by atoms with Gasteiger partial charge in [0.15, 0.2) is 0 Å². The van der Waals surface area contributed by atoms with Gasteiger partial charge in [-0.15, -0.1) is 0 Å². The number of rotatable bonds is 3. The number of morpholine rings is 1. The Morgan fingerprint density at radius 1 is 1.85 bits per heavy atom. The standard InChI is InChI=1S/C7H12N4O2/c1-2-6(9-10-8)11-3-4-13-5-7(11)12/h6H,2-5H2,1H3. The fourth-order valence-corrected chi connectivity index (χ4v) is 1.27. The normalized spacial score (nSPS) is 19.5. The lowest BCUT2D eigenvalue weighted by molar-refractivity contribution is -0.145. The van der Waals surface area contributed by atoms with Crippen LogP contribution in [0.25, 0.3) is 10.4 Å². The van der Waals surface area contributed by atoms with Gasteiger partial charge >= 0.3 is 0 Å². The zero-order valence-corrected chi connectivity index (χ0v) is 7.51. The molecule has 0 aromatic rings. The Hall–Kier alpha value is -1.26. The minimum Gasteiger partial charge on any atom is -0.370 e. The molecule has 6 nitrogen and oxygen atoms in total. The third kappa shape index (κ3) is 2.34. The monoisotopic (exact) mass is 184 g/mol. The number of azide groups is 1. The Morgan fingerprint density at radius 3 is 3.15 bits per heavy atom. The molecule has 6 heteroatoms. The van der Waals surface area contributed by atoms with E-state index in [1.807, 2.05) is 6.92 Å². The molecule has 0 radical (unpaired) electrons. The Bertz CT molecular complexity index is 237. The lowest BCUT2D eigenvalue weighted by atomic mass is 10.3. The summed E-state index contributed by atoms with van der Waals surface area (Å²) >= 11 is 0. The molecule has 0 bridgehead atoms. The molecule has 1 rings (SSSR count). The number of nitrogens with zero attached hydrogens (tertiary/aromatic N) is 4. The molecule has 0 aromatic heterocycles. The van der Waals surface area contributed by atoms with Crippen LogP contribution in [0, 0.1) is 0 Å². The summed E-state index contributed by atoms with van der Waals surface area (Å²) in [7, 11) is 0. The minimum atomic E-state index is -0.360. The molecule has 1 heterocycles. The Kier molecular flexibility index (Phi) is 3.54. The molecule has 1 atom stereocenters. The van der Waals surface area contributed by atoms with Crippen molar-refractivity contribution in [3.8, 4) is 0 Å². The molecule has 72 valence electrons. The summed E-state index contributed by atoms with van der Waals surface area (Å²) in [6.07, 6.45) is 0.275. The van der Waals surface area contributed by atoms with Crippen molar-refractivity contribution in [2.24, 2.45) is 5.11 Å². The number of carbonyl (C=O) groups excluding carboxylic acids is 1. The minimum absolute atomic E-state index is 0.0947. The first-order valence-corrected chi connectivity index (χ1v) is 4.21. The van der Waals surface area contributed by atoms with Gasteiger partial charge in [-0.2, -0.15) is 0 Å². The van der Waals surface area contributed by atoms with E-state index in [0.717, 1.165) is 0 Å². The average molecular weight is 184 g/mol. The first-order chi connectivity index (χ1) is 6.29. The summed E-state index contributed by atoms with van der Waals surface area (Å²) in [5.74, 6) is -0.106. The fourth-order valence-electron chi connectivity index (χ4n) is 1.27. The first-order valence-electron chi connectivity index (χ1n) is 4.21. The van der Waals surface area contributed by atoms with E-state index in [9.17, 15) is 4.79 Å². The van der Waals surface area contributed by atoms with Crippen LogP contribution < -0.4 is 0 Å². The van der Waals surface area contributed by atoms with Crippen LogP contribution in [0.3, 0.4) is 0 Å². The molecule has 1 aliphatic heterocycles. The molecule has 1 amide bonds. The van der Waals surface area contributed by atoms with Crippen LogP contribution >= 0.6 is 0 Å². The highest BCUT2D eigenvalue weighted by Crippen LogP contribution is 2.09. The van der Waals surface area contributed by atoms with Gasteiger partial charge in [0.1, 0.15) is 12.8 Å². The van der Waals surface area contributed by atoms with Gasteiger partial charge in [0.05, 0.1) is 6.61 Å². The molecule has 1 unspecified atom stereocenters. The molecule has 1 fully saturated rings. The smallest absolute Gasteiger partial charge is 0.249 e. The van der Waals surface area contributed by atoms with Crippen LogP contribution in [0.5, 0.6) is 0 Å². The topological polar surface area (TPSA) is 78.3 Å². The maximum Gasteiger partial charge on any atom is 0.249 e. The molecule has 0 aromatic carbocycles. The predicted molar refractivity (Wildman–Crippen MR) is 45.8 cm³/mol. The predicted octanol–water partition coefficient (Wildman–Crippen LogP) is 0.892. The second kappa shape index (κ2) is 4.69. The van der Waals surface area contributed by atoms with Gasteiger partial charge in [-0.05, 0) is 12.0 Å². The van der Waals surface area contributed by atoms with Gasteiger partial charge in [-0.25, -0.2) is 0 Å². The van der Waals surface area contributed by atoms with Crippen molar-refractivity contribution in [1.29, 1.82) is 0 Å². The summed E-state index contributed by atoms with van der Waals surface area (Å²) in [5.41, 5.74) is 8.27. The summed E-state index contributed by atoms with van der Waals surface area (Å²) in [4.78, 5) is 15.6. The first kappa shape index (κ1) is 9.83. The number of hydrogen-bond acceptors (Lipinski definition) is 3. The molecule has 0 spiro atoms. The number of hydrogen-bond donors (Lipinski definition) is 0. The highest BCUT2D eigenvalue weighted by atomic mass is 16.5. The number of amides is 1. The molecule has 13 heavy (non-hydrogen) atoms. The Labute approximate surface area is 76.1 Å². The van der Waals surface area contributed by atoms with Crippen LogP contribution in [0.2, 0.25) is 0 Å². The summed E-state index contributed by atoms with van der Waals surface area (Å²) in [5, 5.41) is 3.55. The van der Waals surface area contributed by atoms with Crippen molar-refractivity contribution >= 4 is 5.91 Å². The highest BCUT2D eigenvalue weighted by molar-refractivity contribution is 5.78. The lowest BCUT2D eigenvalue weighted by Crippen LogP contribution is -2.46. The van der Waals surface area contributed by atoms with E-state index in [1.165, 1.54) is 0 Å². The van der Waals surface area contributed by atoms with Gasteiger partial charge in [0, 0.05) is 11.5 Å². The van der Waals surface area contributed by atoms with Crippen molar-refractivity contribution in [2.45, 2.75) is 19.5 Å². The zero-order chi connectivity index (χ0) is 9.68. The Morgan fingerprint density at radius 2 is 2.62 bits per heavy atom. The molecule has 0 saturated carbocycles. The van der Waals surface area contributed by atoms with Gasteiger partial charge in [-0.3, -0.25) is 4.79 Å². The zero-order valence-electron chi connectivity index (χ0n) is 7.51. The molecular formula is C7H12N4O2. The van der Waals surface area contributed by atoms with Crippen LogP contribution in [0.4, 0.5) is 0 Å². The van der Waals surface area contributed by atoms with E-state index in [1.54, 1.807) is 4.90 Å². The summed E-state index contributed by atoms with van der Waals surface area (Å²) in [6.45, 7) is 3.00. The molecular weight excluding hydrogens is 172 g/mol. The van der Waals surface area contributed by atoms with Crippen molar-refractivity contribution in [1.82, 2.24) is 4.90 Å². The number of ether oxygens (including phenoxy) is 1. The van der Waals surface area contributed by atoms with Gasteiger partial charge in [-0.1, -0.05) is 12.0 Å². The highest BCUT2D eigenvalue weighted by Gasteiger charge is 2.24. The summed E-state index contributed by atoms with van der Waals surface area (Å²) in [6, 6.07) is 0. The van der Waals surface area contributed by atoms with Crippen LogP contribution in [0.1, 0.15) is 13.3 Å². The third-order valence-electron chi connectivity index (χ3n) is 1.93. The lowest BCUT2D eigenvalue weighted by Gasteiger charge is -2.31. The van der Waals surface area contributed by atoms with Gasteiger partial charge < -0.3 is 9.64 Å². The quantitative estimate of drug-likeness (QED) is 0.371. The maximum atomic E-state index is 11.3. The van der Waals surface area contributed by atoms with Crippen LogP contribution in [0.15, 0.2) is 5.11 Å². The molecule has 1 saturated heterocycles. The van der Waals surface area contributed by atoms with Crippen LogP contribution in [-0.2, 0) is 9.53 Å². The largest absolute Gasteiger partial charge is 0.370 e. The molecule has 0 N–H and O–H groups in total. The van der Waals surface area contributed by atoms with E-state index >= 15 is 0 Å². The van der Waals surface area contributed by atoms with Gasteiger partial charge in [0.25, 0.3) is 0 Å². The summed E-state index contributed by atoms with van der Waals surface area (Å²) < 4.78 is 4.96. The second-order valence-corrected chi connectivity index (χ2v) is 2.73. The SMILES string of the molecule is CCC(N=[N+]=[N-])N1CCOCC1=O. The van der Waals surface area contributed by atoms with Crippen molar-refractivity contribution in [2.75, 3.05) is 19.8 Å².